The number of ether oxygens (including phenoxy) is 2. The second-order valence-corrected chi connectivity index (χ2v) is 7.91. The van der Waals surface area contributed by atoms with Gasteiger partial charge in [0.15, 0.2) is 0 Å². The van der Waals surface area contributed by atoms with Crippen LogP contribution in [0.15, 0.2) is 42.7 Å². The molecule has 0 radical (unpaired) electrons. The van der Waals surface area contributed by atoms with Crippen LogP contribution in [0.25, 0.3) is 0 Å². The highest BCUT2D eigenvalue weighted by atomic mass is 16.5. The molecular formula is C23H34N4O2. The highest BCUT2D eigenvalue weighted by Crippen LogP contribution is 2.23. The first-order chi connectivity index (χ1) is 14.1. The third kappa shape index (κ3) is 7.08. The molecule has 1 aliphatic rings. The van der Waals surface area contributed by atoms with Gasteiger partial charge < -0.3 is 14.4 Å². The zero-order valence-electron chi connectivity index (χ0n) is 18.0. The Kier molecular flexibility index (Phi) is 8.43. The van der Waals surface area contributed by atoms with Gasteiger partial charge in [0, 0.05) is 63.8 Å². The van der Waals surface area contributed by atoms with E-state index in [0.717, 1.165) is 64.8 Å². The number of aromatic nitrogens is 1. The average Bonchev–Trinajstić information content (AvgIpc) is 2.74. The highest BCUT2D eigenvalue weighted by Gasteiger charge is 2.15. The number of benzene rings is 1. The minimum Gasteiger partial charge on any atom is -0.496 e. The fourth-order valence-corrected chi connectivity index (χ4v) is 3.62. The van der Waals surface area contributed by atoms with Crippen molar-refractivity contribution in [2.75, 3.05) is 60.6 Å². The monoisotopic (exact) mass is 398 g/mol. The molecule has 0 atom stereocenters. The average molecular weight is 399 g/mol. The molecule has 0 aliphatic carbocycles. The summed E-state index contributed by atoms with van der Waals surface area (Å²) in [6, 6.07) is 10.8. The number of methoxy groups -OCH3 is 1. The summed E-state index contributed by atoms with van der Waals surface area (Å²) in [7, 11) is 6.00. The number of rotatable bonds is 10. The number of hydrogen-bond acceptors (Lipinski definition) is 6. The molecule has 1 saturated heterocycles. The van der Waals surface area contributed by atoms with Crippen LogP contribution in [0.3, 0.4) is 0 Å². The van der Waals surface area contributed by atoms with Crippen LogP contribution >= 0.6 is 0 Å². The molecule has 0 amide bonds. The number of hydrogen-bond donors (Lipinski definition) is 0. The van der Waals surface area contributed by atoms with Crippen LogP contribution in [0.2, 0.25) is 0 Å². The van der Waals surface area contributed by atoms with Gasteiger partial charge in [-0.2, -0.15) is 0 Å². The molecule has 158 valence electrons. The lowest BCUT2D eigenvalue weighted by Crippen LogP contribution is -2.35. The van der Waals surface area contributed by atoms with E-state index in [1.54, 1.807) is 7.11 Å². The van der Waals surface area contributed by atoms with Crippen molar-refractivity contribution in [3.8, 4) is 5.75 Å². The molecular weight excluding hydrogens is 364 g/mol. The van der Waals surface area contributed by atoms with E-state index in [1.807, 2.05) is 18.5 Å². The summed E-state index contributed by atoms with van der Waals surface area (Å²) in [6.07, 6.45) is 3.79. The van der Waals surface area contributed by atoms with Crippen molar-refractivity contribution in [1.82, 2.24) is 19.7 Å². The maximum Gasteiger partial charge on any atom is 0.123 e. The first-order valence-electron chi connectivity index (χ1n) is 10.4. The Morgan fingerprint density at radius 1 is 1.07 bits per heavy atom. The summed E-state index contributed by atoms with van der Waals surface area (Å²) in [5.74, 6) is 0.965. The molecule has 0 N–H and O–H groups in total. The van der Waals surface area contributed by atoms with Crippen LogP contribution in [0, 0.1) is 0 Å². The Balaban J connectivity index is 1.72. The summed E-state index contributed by atoms with van der Waals surface area (Å²) in [5.41, 5.74) is 3.81. The Hall–Kier alpha value is -1.99. The van der Waals surface area contributed by atoms with Gasteiger partial charge in [0.2, 0.25) is 0 Å². The molecule has 6 heteroatoms. The minimum absolute atomic E-state index is 0.811. The van der Waals surface area contributed by atoms with Crippen molar-refractivity contribution >= 4 is 0 Å². The molecule has 2 aromatic rings. The first-order valence-corrected chi connectivity index (χ1v) is 10.4. The quantitative estimate of drug-likeness (QED) is 0.613. The van der Waals surface area contributed by atoms with Gasteiger partial charge in [-0.15, -0.1) is 0 Å². The van der Waals surface area contributed by atoms with Gasteiger partial charge in [0.25, 0.3) is 0 Å². The lowest BCUT2D eigenvalue weighted by atomic mass is 10.1. The zero-order valence-corrected chi connectivity index (χ0v) is 18.0. The van der Waals surface area contributed by atoms with Crippen LogP contribution in [0.5, 0.6) is 5.75 Å². The Labute approximate surface area is 175 Å². The van der Waals surface area contributed by atoms with Crippen molar-refractivity contribution in [2.24, 2.45) is 0 Å². The van der Waals surface area contributed by atoms with Gasteiger partial charge in [-0.1, -0.05) is 12.1 Å². The van der Waals surface area contributed by atoms with E-state index in [9.17, 15) is 0 Å². The van der Waals surface area contributed by atoms with Gasteiger partial charge in [-0.05, 0) is 43.4 Å². The fraction of sp³-hybridized carbons (Fsp3) is 0.522. The maximum atomic E-state index is 5.64. The molecule has 29 heavy (non-hydrogen) atoms. The molecule has 2 heterocycles. The standard InChI is InChI=1S/C23H34N4O2/c1-25(2)9-10-27(18-21-5-4-8-24-16-21)17-20-6-7-23(28-3)22(15-20)19-26-11-13-29-14-12-26/h4-8,15-16H,9-14,17-19H2,1-3H3. The Bertz CT molecular complexity index is 733. The van der Waals surface area contributed by atoms with Crippen molar-refractivity contribution in [2.45, 2.75) is 19.6 Å². The normalized spacial score (nSPS) is 15.2. The number of nitrogens with zero attached hydrogens (tertiary/aromatic N) is 4. The second-order valence-electron chi connectivity index (χ2n) is 7.91. The topological polar surface area (TPSA) is 41.1 Å². The maximum absolute atomic E-state index is 5.64. The van der Waals surface area contributed by atoms with Gasteiger partial charge >= 0.3 is 0 Å². The second kappa shape index (κ2) is 11.3. The van der Waals surface area contributed by atoms with E-state index in [-0.39, 0.29) is 0 Å². The van der Waals surface area contributed by atoms with Crippen LogP contribution in [0.1, 0.15) is 16.7 Å². The number of morpholine rings is 1. The SMILES string of the molecule is COc1ccc(CN(CCN(C)C)Cc2cccnc2)cc1CN1CCOCC1. The van der Waals surface area contributed by atoms with Crippen LogP contribution in [-0.2, 0) is 24.4 Å². The number of pyridine rings is 1. The predicted molar refractivity (Wildman–Crippen MR) is 116 cm³/mol. The van der Waals surface area contributed by atoms with Crippen molar-refractivity contribution in [1.29, 1.82) is 0 Å². The summed E-state index contributed by atoms with van der Waals surface area (Å²) >= 11 is 0. The smallest absolute Gasteiger partial charge is 0.123 e. The van der Waals surface area contributed by atoms with E-state index in [4.69, 9.17) is 9.47 Å². The fourth-order valence-electron chi connectivity index (χ4n) is 3.62. The van der Waals surface area contributed by atoms with Gasteiger partial charge in [-0.3, -0.25) is 14.8 Å². The van der Waals surface area contributed by atoms with Gasteiger partial charge in [-0.25, -0.2) is 0 Å². The first kappa shape index (κ1) is 21.7. The van der Waals surface area contributed by atoms with Crippen molar-refractivity contribution < 1.29 is 9.47 Å². The molecule has 1 aromatic carbocycles. The molecule has 0 spiro atoms. The molecule has 0 bridgehead atoms. The van der Waals surface area contributed by atoms with E-state index >= 15 is 0 Å². The zero-order chi connectivity index (χ0) is 20.5. The van der Waals surface area contributed by atoms with E-state index < -0.39 is 0 Å². The lowest BCUT2D eigenvalue weighted by molar-refractivity contribution is 0.0338. The molecule has 6 nitrogen and oxygen atoms in total. The van der Waals surface area contributed by atoms with E-state index in [0.29, 0.717) is 0 Å². The van der Waals surface area contributed by atoms with Gasteiger partial charge in [0.05, 0.1) is 20.3 Å². The minimum atomic E-state index is 0.811. The third-order valence-corrected chi connectivity index (χ3v) is 5.24. The Morgan fingerprint density at radius 3 is 2.55 bits per heavy atom. The van der Waals surface area contributed by atoms with Crippen molar-refractivity contribution in [3.63, 3.8) is 0 Å². The van der Waals surface area contributed by atoms with Crippen molar-refractivity contribution in [3.05, 3.63) is 59.4 Å². The molecule has 0 unspecified atom stereocenters. The Morgan fingerprint density at radius 2 is 1.86 bits per heavy atom. The summed E-state index contributed by atoms with van der Waals surface area (Å²) in [6.45, 7) is 8.31. The lowest BCUT2D eigenvalue weighted by Gasteiger charge is -2.28. The summed E-state index contributed by atoms with van der Waals surface area (Å²) < 4.78 is 11.1. The van der Waals surface area contributed by atoms with Gasteiger partial charge in [0.1, 0.15) is 5.75 Å². The van der Waals surface area contributed by atoms with E-state index in [2.05, 4.69) is 58.0 Å². The van der Waals surface area contributed by atoms with Crippen LogP contribution in [0.4, 0.5) is 0 Å². The molecule has 3 rings (SSSR count). The van der Waals surface area contributed by atoms with E-state index in [1.165, 1.54) is 16.7 Å². The highest BCUT2D eigenvalue weighted by molar-refractivity contribution is 5.37. The number of likely N-dealkylation sites (N-methyl/N-ethyl adjacent to an activating group) is 1. The largest absolute Gasteiger partial charge is 0.496 e. The summed E-state index contributed by atoms with van der Waals surface area (Å²) in [4.78, 5) is 11.4. The third-order valence-electron chi connectivity index (χ3n) is 5.24. The molecule has 0 saturated carbocycles. The predicted octanol–water partition coefficient (Wildman–Crippen LogP) is 2.49. The van der Waals surface area contributed by atoms with Crippen LogP contribution < -0.4 is 4.74 Å². The molecule has 1 fully saturated rings. The van der Waals surface area contributed by atoms with Crippen LogP contribution in [-0.4, -0.2) is 80.3 Å². The molecule has 1 aromatic heterocycles. The molecule has 1 aliphatic heterocycles. The summed E-state index contributed by atoms with van der Waals surface area (Å²) in [5, 5.41) is 0.